The van der Waals surface area contributed by atoms with Crippen LogP contribution in [0.15, 0.2) is 66.8 Å². The average Bonchev–Trinajstić information content (AvgIpc) is 2.96. The van der Waals surface area contributed by atoms with E-state index >= 15 is 0 Å². The van der Waals surface area contributed by atoms with Crippen LogP contribution in [-0.2, 0) is 6.42 Å². The number of nitro benzene ring substituents is 1. The molecule has 2 aromatic rings. The number of allylic oxidation sites excluding steroid dienone is 5. The van der Waals surface area contributed by atoms with Crippen molar-refractivity contribution in [2.75, 3.05) is 0 Å². The standard InChI is InChI=1S/C17H17N3O2/c1-3-5-13(6-4-2)11-15-12-17(19-18-15)14-7-9-16(10-8-14)20(21)22/h3-10,12H,1,11H2,2H3,(H,18,19)/b6-4-,13-5+. The third-order valence-electron chi connectivity index (χ3n) is 3.11. The molecule has 22 heavy (non-hydrogen) atoms. The molecule has 0 atom stereocenters. The molecule has 0 fully saturated rings. The molecule has 1 N–H and O–H groups in total. The van der Waals surface area contributed by atoms with Gasteiger partial charge in [-0.05, 0) is 30.7 Å². The van der Waals surface area contributed by atoms with Gasteiger partial charge in [0.15, 0.2) is 0 Å². The third-order valence-corrected chi connectivity index (χ3v) is 3.11. The smallest absolute Gasteiger partial charge is 0.269 e. The van der Waals surface area contributed by atoms with E-state index in [0.29, 0.717) is 0 Å². The van der Waals surface area contributed by atoms with Crippen LogP contribution in [0.2, 0.25) is 0 Å². The average molecular weight is 295 g/mol. The summed E-state index contributed by atoms with van der Waals surface area (Å²) in [6.07, 6.45) is 8.42. The maximum Gasteiger partial charge on any atom is 0.269 e. The van der Waals surface area contributed by atoms with Crippen molar-refractivity contribution in [3.63, 3.8) is 0 Å². The molecule has 0 spiro atoms. The highest BCUT2D eigenvalue weighted by atomic mass is 16.6. The van der Waals surface area contributed by atoms with E-state index in [4.69, 9.17) is 0 Å². The van der Waals surface area contributed by atoms with Gasteiger partial charge in [0, 0.05) is 29.8 Å². The molecule has 0 aliphatic heterocycles. The van der Waals surface area contributed by atoms with Crippen molar-refractivity contribution >= 4 is 5.69 Å². The second-order valence-electron chi connectivity index (χ2n) is 4.74. The van der Waals surface area contributed by atoms with Crippen LogP contribution in [0.25, 0.3) is 11.3 Å². The van der Waals surface area contributed by atoms with Crippen molar-refractivity contribution in [1.82, 2.24) is 10.2 Å². The number of nitrogens with one attached hydrogen (secondary N) is 1. The minimum Gasteiger partial charge on any atom is -0.282 e. The molecule has 1 aromatic heterocycles. The number of nitro groups is 1. The van der Waals surface area contributed by atoms with Crippen molar-refractivity contribution in [2.45, 2.75) is 13.3 Å². The van der Waals surface area contributed by atoms with E-state index in [9.17, 15) is 10.1 Å². The number of rotatable bonds is 6. The summed E-state index contributed by atoms with van der Waals surface area (Å²) in [4.78, 5) is 10.2. The van der Waals surface area contributed by atoms with Crippen molar-refractivity contribution in [2.24, 2.45) is 0 Å². The lowest BCUT2D eigenvalue weighted by atomic mass is 10.1. The van der Waals surface area contributed by atoms with Crippen molar-refractivity contribution in [1.29, 1.82) is 0 Å². The van der Waals surface area contributed by atoms with Gasteiger partial charge >= 0.3 is 0 Å². The van der Waals surface area contributed by atoms with Gasteiger partial charge in [-0.3, -0.25) is 15.2 Å². The second-order valence-corrected chi connectivity index (χ2v) is 4.74. The zero-order valence-corrected chi connectivity index (χ0v) is 12.3. The molecule has 5 nitrogen and oxygen atoms in total. The van der Waals surface area contributed by atoms with Gasteiger partial charge in [-0.25, -0.2) is 0 Å². The first-order chi connectivity index (χ1) is 10.6. The zero-order chi connectivity index (χ0) is 15.9. The molecule has 112 valence electrons. The lowest BCUT2D eigenvalue weighted by Gasteiger charge is -1.98. The van der Waals surface area contributed by atoms with Gasteiger partial charge < -0.3 is 0 Å². The van der Waals surface area contributed by atoms with Crippen LogP contribution in [0, 0.1) is 10.1 Å². The number of benzene rings is 1. The molecule has 5 heteroatoms. The van der Waals surface area contributed by atoms with E-state index in [1.807, 2.05) is 31.2 Å². The second kappa shape index (κ2) is 7.17. The monoisotopic (exact) mass is 295 g/mol. The Bertz CT molecular complexity index is 725. The number of hydrogen-bond donors (Lipinski definition) is 1. The highest BCUT2D eigenvalue weighted by Crippen LogP contribution is 2.22. The van der Waals surface area contributed by atoms with Gasteiger partial charge in [-0.1, -0.05) is 30.9 Å². The summed E-state index contributed by atoms with van der Waals surface area (Å²) in [5.41, 5.74) is 3.77. The van der Waals surface area contributed by atoms with E-state index in [1.165, 1.54) is 12.1 Å². The van der Waals surface area contributed by atoms with Crippen LogP contribution in [0.5, 0.6) is 0 Å². The fourth-order valence-electron chi connectivity index (χ4n) is 2.11. The first-order valence-electron chi connectivity index (χ1n) is 6.87. The molecular formula is C17H17N3O2. The Labute approximate surface area is 128 Å². The first kappa shape index (κ1) is 15.4. The van der Waals surface area contributed by atoms with E-state index in [-0.39, 0.29) is 5.69 Å². The van der Waals surface area contributed by atoms with Gasteiger partial charge in [0.1, 0.15) is 0 Å². The van der Waals surface area contributed by atoms with Crippen LogP contribution in [0.3, 0.4) is 0 Å². The molecule has 0 amide bonds. The van der Waals surface area contributed by atoms with Crippen LogP contribution in [0.4, 0.5) is 5.69 Å². The quantitative estimate of drug-likeness (QED) is 0.493. The van der Waals surface area contributed by atoms with Crippen LogP contribution >= 0.6 is 0 Å². The summed E-state index contributed by atoms with van der Waals surface area (Å²) in [5.74, 6) is 0. The van der Waals surface area contributed by atoms with Gasteiger partial charge in [0.25, 0.3) is 5.69 Å². The highest BCUT2D eigenvalue weighted by molar-refractivity contribution is 5.61. The lowest BCUT2D eigenvalue weighted by molar-refractivity contribution is -0.384. The molecule has 2 rings (SSSR count). The molecule has 0 unspecified atom stereocenters. The van der Waals surface area contributed by atoms with Crippen LogP contribution in [-0.4, -0.2) is 15.1 Å². The maximum atomic E-state index is 10.7. The van der Waals surface area contributed by atoms with Crippen molar-refractivity contribution < 1.29 is 4.92 Å². The zero-order valence-electron chi connectivity index (χ0n) is 12.3. The largest absolute Gasteiger partial charge is 0.282 e. The molecule has 0 aliphatic rings. The van der Waals surface area contributed by atoms with E-state index in [2.05, 4.69) is 16.8 Å². The predicted octanol–water partition coefficient (Wildman–Crippen LogP) is 4.22. The summed E-state index contributed by atoms with van der Waals surface area (Å²) in [6.45, 7) is 5.67. The normalized spacial score (nSPS) is 11.8. The Morgan fingerprint density at radius 3 is 2.73 bits per heavy atom. The molecule has 0 saturated carbocycles. The Morgan fingerprint density at radius 1 is 1.41 bits per heavy atom. The summed E-state index contributed by atoms with van der Waals surface area (Å²) < 4.78 is 0. The van der Waals surface area contributed by atoms with Gasteiger partial charge in [0.05, 0.1) is 10.6 Å². The Morgan fingerprint density at radius 2 is 2.14 bits per heavy atom. The summed E-state index contributed by atoms with van der Waals surface area (Å²) in [5, 5.41) is 17.9. The SMILES string of the molecule is C=C/C=C(\C=C/C)Cc1cc(-c2ccc([N+](=O)[O-])cc2)n[nH]1. The number of H-pyrrole nitrogens is 1. The van der Waals surface area contributed by atoms with Crippen LogP contribution < -0.4 is 0 Å². The van der Waals surface area contributed by atoms with Gasteiger partial charge in [-0.15, -0.1) is 0 Å². The highest BCUT2D eigenvalue weighted by Gasteiger charge is 2.08. The van der Waals surface area contributed by atoms with Crippen molar-refractivity contribution in [3.8, 4) is 11.3 Å². The van der Waals surface area contributed by atoms with Crippen molar-refractivity contribution in [3.05, 3.63) is 82.6 Å². The third kappa shape index (κ3) is 3.79. The number of aromatic nitrogens is 2. The molecule has 1 aromatic carbocycles. The topological polar surface area (TPSA) is 71.8 Å². The number of non-ortho nitro benzene ring substituents is 1. The molecular weight excluding hydrogens is 278 g/mol. The predicted molar refractivity (Wildman–Crippen MR) is 87.5 cm³/mol. The number of hydrogen-bond acceptors (Lipinski definition) is 3. The Hall–Kier alpha value is -2.95. The van der Waals surface area contributed by atoms with Gasteiger partial charge in [0.2, 0.25) is 0 Å². The van der Waals surface area contributed by atoms with E-state index in [1.54, 1.807) is 18.2 Å². The fourth-order valence-corrected chi connectivity index (χ4v) is 2.11. The van der Waals surface area contributed by atoms with Gasteiger partial charge in [-0.2, -0.15) is 5.10 Å². The Kier molecular flexibility index (Phi) is 5.03. The molecule has 1 heterocycles. The first-order valence-corrected chi connectivity index (χ1v) is 6.87. The fraction of sp³-hybridized carbons (Fsp3) is 0.118. The summed E-state index contributed by atoms with van der Waals surface area (Å²) in [6, 6.07) is 8.30. The number of aromatic amines is 1. The molecule has 0 aliphatic carbocycles. The Balaban J connectivity index is 2.18. The van der Waals surface area contributed by atoms with E-state index in [0.717, 1.165) is 28.9 Å². The summed E-state index contributed by atoms with van der Waals surface area (Å²) >= 11 is 0. The lowest BCUT2D eigenvalue weighted by Crippen LogP contribution is -1.87. The maximum absolute atomic E-state index is 10.7. The molecule has 0 saturated heterocycles. The minimum atomic E-state index is -0.413. The van der Waals surface area contributed by atoms with Crippen LogP contribution in [0.1, 0.15) is 12.6 Å². The summed E-state index contributed by atoms with van der Waals surface area (Å²) in [7, 11) is 0. The molecule has 0 bridgehead atoms. The minimum absolute atomic E-state index is 0.0730. The van der Waals surface area contributed by atoms with E-state index < -0.39 is 4.92 Å². The number of nitrogens with zero attached hydrogens (tertiary/aromatic N) is 2. The molecule has 0 radical (unpaired) electrons.